The van der Waals surface area contributed by atoms with Gasteiger partial charge in [0, 0.05) is 18.4 Å². The molecular formula is C24H30ClF3N4O7S. The number of hydrogen-bond donors (Lipinski definition) is 2. The number of sulfonamides is 1. The van der Waals surface area contributed by atoms with E-state index in [0.29, 0.717) is 33.2 Å². The minimum Gasteiger partial charge on any atom is -0.486 e. The van der Waals surface area contributed by atoms with Gasteiger partial charge in [0.05, 0.1) is 18.2 Å². The molecule has 222 valence electrons. The molecule has 1 aromatic carbocycles. The average molecular weight is 611 g/mol. The van der Waals surface area contributed by atoms with Crippen LogP contribution in [-0.2, 0) is 26.1 Å². The van der Waals surface area contributed by atoms with Gasteiger partial charge >= 0.3 is 18.2 Å². The summed E-state index contributed by atoms with van der Waals surface area (Å²) in [4.78, 5) is 23.7. The number of rotatable bonds is 10. The number of hydrogen-bond acceptors (Lipinski definition) is 7. The third-order valence-corrected chi connectivity index (χ3v) is 8.45. The molecule has 1 aliphatic heterocycles. The van der Waals surface area contributed by atoms with Crippen LogP contribution in [0.15, 0.2) is 29.3 Å². The van der Waals surface area contributed by atoms with Crippen LogP contribution in [0, 0.1) is 5.92 Å². The molecule has 1 amide bonds. The maximum Gasteiger partial charge on any atom is 0.427 e. The van der Waals surface area contributed by atoms with Crippen molar-refractivity contribution in [2.24, 2.45) is 5.92 Å². The molecule has 11 nitrogen and oxygen atoms in total. The standard InChI is InChI=1S/C24H30ClF3N4O7S/c1-5-7-14(21(33)34)10-16-12-32(40(36,37)19-13-31(6-2)30-20(19)25)17-11-15(8-9-18(17)38-16)29-22(35)39-23(3,4)24(26,27)28/h8-9,11,13-14,16H,5-7,10,12H2,1-4H3,(H,29,35)(H,33,34). The molecule has 1 aliphatic rings. The molecule has 1 aromatic heterocycles. The summed E-state index contributed by atoms with van der Waals surface area (Å²) >= 11 is 6.14. The molecule has 16 heteroatoms. The fourth-order valence-electron chi connectivity index (χ4n) is 4.01. The number of carboxylic acid groups (broad SMARTS) is 1. The van der Waals surface area contributed by atoms with Gasteiger partial charge in [-0.15, -0.1) is 0 Å². The maximum absolute atomic E-state index is 13.8. The van der Waals surface area contributed by atoms with Crippen molar-refractivity contribution in [1.82, 2.24) is 9.78 Å². The molecule has 2 aromatic rings. The largest absolute Gasteiger partial charge is 0.486 e. The second-order valence-corrected chi connectivity index (χ2v) is 11.9. The van der Waals surface area contributed by atoms with Crippen molar-refractivity contribution in [1.29, 1.82) is 0 Å². The number of benzene rings is 1. The Morgan fingerprint density at radius 2 is 1.98 bits per heavy atom. The summed E-state index contributed by atoms with van der Waals surface area (Å²) in [5.41, 5.74) is -2.91. The number of nitrogens with one attached hydrogen (secondary N) is 1. The molecule has 2 atom stereocenters. The number of aryl methyl sites for hydroxylation is 1. The Hall–Kier alpha value is -3.20. The summed E-state index contributed by atoms with van der Waals surface area (Å²) < 4.78 is 79.8. The van der Waals surface area contributed by atoms with Crippen LogP contribution < -0.4 is 14.4 Å². The summed E-state index contributed by atoms with van der Waals surface area (Å²) in [5.74, 6) is -1.79. The lowest BCUT2D eigenvalue weighted by Crippen LogP contribution is -2.45. The summed E-state index contributed by atoms with van der Waals surface area (Å²) in [6.07, 6.45) is -4.91. The fourth-order valence-corrected chi connectivity index (χ4v) is 5.96. The van der Waals surface area contributed by atoms with Crippen LogP contribution in [0.4, 0.5) is 29.3 Å². The van der Waals surface area contributed by atoms with Crippen molar-refractivity contribution in [3.05, 3.63) is 29.5 Å². The topological polar surface area (TPSA) is 140 Å². The number of amides is 1. The molecule has 0 bridgehead atoms. The molecule has 2 unspecified atom stereocenters. The summed E-state index contributed by atoms with van der Waals surface area (Å²) in [6.45, 7) is 4.96. The maximum atomic E-state index is 13.8. The summed E-state index contributed by atoms with van der Waals surface area (Å²) in [7, 11) is -4.39. The highest BCUT2D eigenvalue weighted by Crippen LogP contribution is 2.41. The minimum absolute atomic E-state index is 0.00936. The number of carbonyl (C=O) groups excluding carboxylic acids is 1. The highest BCUT2D eigenvalue weighted by atomic mass is 35.5. The number of fused-ring (bicyclic) bond motifs is 1. The third kappa shape index (κ3) is 6.74. The van der Waals surface area contributed by atoms with Gasteiger partial charge in [-0.1, -0.05) is 24.9 Å². The van der Waals surface area contributed by atoms with Crippen LogP contribution in [0.3, 0.4) is 0 Å². The Kier molecular flexibility index (Phi) is 9.19. The van der Waals surface area contributed by atoms with E-state index in [4.69, 9.17) is 16.3 Å². The molecule has 2 heterocycles. The lowest BCUT2D eigenvalue weighted by atomic mass is 9.96. The second kappa shape index (κ2) is 11.7. The van der Waals surface area contributed by atoms with E-state index in [2.05, 4.69) is 15.2 Å². The molecule has 0 saturated carbocycles. The van der Waals surface area contributed by atoms with Gasteiger partial charge in [-0.2, -0.15) is 18.3 Å². The molecule has 0 fully saturated rings. The average Bonchev–Trinajstić information content (AvgIpc) is 3.23. The smallest absolute Gasteiger partial charge is 0.427 e. The van der Waals surface area contributed by atoms with E-state index in [9.17, 15) is 36.3 Å². The number of carbonyl (C=O) groups is 2. The van der Waals surface area contributed by atoms with E-state index in [-0.39, 0.29) is 40.1 Å². The molecule has 3 rings (SSSR count). The van der Waals surface area contributed by atoms with E-state index in [0.717, 1.165) is 4.31 Å². The predicted octanol–water partition coefficient (Wildman–Crippen LogP) is 5.29. The van der Waals surface area contributed by atoms with E-state index >= 15 is 0 Å². The van der Waals surface area contributed by atoms with E-state index in [1.807, 2.05) is 6.92 Å². The van der Waals surface area contributed by atoms with Gasteiger partial charge in [-0.25, -0.2) is 13.2 Å². The zero-order chi connectivity index (χ0) is 30.0. The Balaban J connectivity index is 2.01. The quantitative estimate of drug-likeness (QED) is 0.370. The third-order valence-electron chi connectivity index (χ3n) is 6.28. The van der Waals surface area contributed by atoms with Crippen molar-refractivity contribution in [2.75, 3.05) is 16.2 Å². The lowest BCUT2D eigenvalue weighted by molar-refractivity contribution is -0.242. The highest BCUT2D eigenvalue weighted by Gasteiger charge is 2.51. The van der Waals surface area contributed by atoms with Gasteiger partial charge in [-0.3, -0.25) is 19.1 Å². The number of aromatic nitrogens is 2. The summed E-state index contributed by atoms with van der Waals surface area (Å²) in [6, 6.07) is 3.81. The number of alkyl halides is 3. The molecule has 0 radical (unpaired) electrons. The van der Waals surface area contributed by atoms with Gasteiger partial charge in [0.25, 0.3) is 10.0 Å². The van der Waals surface area contributed by atoms with E-state index in [1.54, 1.807) is 6.92 Å². The zero-order valence-corrected chi connectivity index (χ0v) is 23.7. The normalized spacial score (nSPS) is 16.6. The molecule has 0 spiro atoms. The second-order valence-electron chi connectivity index (χ2n) is 9.68. The molecular weight excluding hydrogens is 581 g/mol. The monoisotopic (exact) mass is 610 g/mol. The molecule has 0 aliphatic carbocycles. The van der Waals surface area contributed by atoms with Gasteiger partial charge < -0.3 is 14.6 Å². The van der Waals surface area contributed by atoms with Crippen LogP contribution in [0.5, 0.6) is 5.75 Å². The van der Waals surface area contributed by atoms with Gasteiger partial charge in [0.2, 0.25) is 5.60 Å². The Morgan fingerprint density at radius 1 is 1.30 bits per heavy atom. The first-order valence-corrected chi connectivity index (χ1v) is 14.2. The number of nitrogens with zero attached hydrogens (tertiary/aromatic N) is 3. The number of halogens is 4. The van der Waals surface area contributed by atoms with Crippen LogP contribution in [0.1, 0.15) is 47.0 Å². The number of aliphatic carboxylic acids is 1. The van der Waals surface area contributed by atoms with Gasteiger partial charge in [-0.05, 0) is 51.8 Å². The van der Waals surface area contributed by atoms with Gasteiger partial charge in [0.15, 0.2) is 5.15 Å². The predicted molar refractivity (Wildman–Crippen MR) is 139 cm³/mol. The van der Waals surface area contributed by atoms with E-state index in [1.165, 1.54) is 29.1 Å². The number of ether oxygens (including phenoxy) is 2. The molecule has 0 saturated heterocycles. The Labute approximate surface area is 234 Å². The first-order valence-electron chi connectivity index (χ1n) is 12.4. The lowest BCUT2D eigenvalue weighted by Gasteiger charge is -2.36. The van der Waals surface area contributed by atoms with Crippen molar-refractivity contribution in [3.63, 3.8) is 0 Å². The Bertz CT molecular complexity index is 1360. The van der Waals surface area contributed by atoms with Gasteiger partial charge in [0.1, 0.15) is 16.7 Å². The van der Waals surface area contributed by atoms with Crippen LogP contribution in [0.2, 0.25) is 5.15 Å². The van der Waals surface area contributed by atoms with Crippen LogP contribution >= 0.6 is 11.6 Å². The van der Waals surface area contributed by atoms with E-state index < -0.39 is 45.9 Å². The SMILES string of the molecule is CCCC(CC1CN(S(=O)(=O)c2cn(CC)nc2Cl)c2cc(NC(=O)OC(C)(C)C(F)(F)F)ccc2O1)C(=O)O. The van der Waals surface area contributed by atoms with Crippen molar-refractivity contribution < 1.29 is 45.8 Å². The molecule has 2 N–H and O–H groups in total. The molecule has 40 heavy (non-hydrogen) atoms. The minimum atomic E-state index is -4.83. The van der Waals surface area contributed by atoms with Crippen molar-refractivity contribution in [2.45, 2.75) is 76.3 Å². The van der Waals surface area contributed by atoms with Crippen molar-refractivity contribution in [3.8, 4) is 5.75 Å². The van der Waals surface area contributed by atoms with Crippen molar-refractivity contribution >= 4 is 45.1 Å². The number of anilines is 2. The number of carboxylic acids is 1. The highest BCUT2D eigenvalue weighted by molar-refractivity contribution is 7.93. The summed E-state index contributed by atoms with van der Waals surface area (Å²) in [5, 5.41) is 15.5. The van der Waals surface area contributed by atoms with Crippen LogP contribution in [-0.4, -0.2) is 59.8 Å². The fraction of sp³-hybridized carbons (Fsp3) is 0.542. The Morgan fingerprint density at radius 3 is 2.52 bits per heavy atom. The first-order chi connectivity index (χ1) is 18.5. The zero-order valence-electron chi connectivity index (χ0n) is 22.2. The van der Waals surface area contributed by atoms with Crippen LogP contribution in [0.25, 0.3) is 0 Å². The first kappa shape index (κ1) is 31.3.